The zero-order valence-corrected chi connectivity index (χ0v) is 12.0. The van der Waals surface area contributed by atoms with Crippen LogP contribution < -0.4 is 5.32 Å². The molecule has 0 aliphatic carbocycles. The molecule has 118 valence electrons. The topological polar surface area (TPSA) is 110 Å². The average molecular weight is 299 g/mol. The number of nitrogens with zero attached hydrogens (tertiary/aromatic N) is 2. The second-order valence-electron chi connectivity index (χ2n) is 5.60. The van der Waals surface area contributed by atoms with E-state index in [9.17, 15) is 19.5 Å². The lowest BCUT2D eigenvalue weighted by Gasteiger charge is -2.26. The maximum Gasteiger partial charge on any atom is 0.326 e. The van der Waals surface area contributed by atoms with Crippen LogP contribution in [0.25, 0.3) is 0 Å². The summed E-state index contributed by atoms with van der Waals surface area (Å²) >= 11 is 0. The Kier molecular flexibility index (Phi) is 4.66. The molecule has 2 heterocycles. The SMILES string of the molecule is CC(NC(=O)N1CC(O)C[C@H]1C(=O)O)C(=O)N1CCCC1. The molecule has 0 bridgehead atoms. The Morgan fingerprint density at radius 2 is 1.86 bits per heavy atom. The number of urea groups is 1. The summed E-state index contributed by atoms with van der Waals surface area (Å²) in [7, 11) is 0. The molecule has 0 aromatic heterocycles. The van der Waals surface area contributed by atoms with Crippen molar-refractivity contribution in [2.24, 2.45) is 0 Å². The number of likely N-dealkylation sites (tertiary alicyclic amines) is 2. The van der Waals surface area contributed by atoms with E-state index in [-0.39, 0.29) is 18.9 Å². The van der Waals surface area contributed by atoms with Crippen LogP contribution in [0.3, 0.4) is 0 Å². The smallest absolute Gasteiger partial charge is 0.326 e. The van der Waals surface area contributed by atoms with Crippen molar-refractivity contribution in [3.8, 4) is 0 Å². The predicted octanol–water partition coefficient (Wildman–Crippen LogP) is -0.773. The van der Waals surface area contributed by atoms with Crippen molar-refractivity contribution < 1.29 is 24.6 Å². The molecule has 2 aliphatic heterocycles. The molecule has 2 unspecified atom stereocenters. The third kappa shape index (κ3) is 3.44. The number of carbonyl (C=O) groups is 3. The van der Waals surface area contributed by atoms with Crippen molar-refractivity contribution in [3.05, 3.63) is 0 Å². The number of aliphatic hydroxyl groups excluding tert-OH is 1. The summed E-state index contributed by atoms with van der Waals surface area (Å²) in [6.07, 6.45) is 1.09. The maximum atomic E-state index is 12.1. The molecule has 0 spiro atoms. The Hall–Kier alpha value is -1.83. The number of aliphatic carboxylic acids is 1. The summed E-state index contributed by atoms with van der Waals surface area (Å²) in [5, 5.41) is 21.1. The van der Waals surface area contributed by atoms with Crippen LogP contribution in [-0.2, 0) is 9.59 Å². The molecule has 0 aromatic carbocycles. The van der Waals surface area contributed by atoms with E-state index in [0.29, 0.717) is 13.1 Å². The molecular formula is C13H21N3O5. The van der Waals surface area contributed by atoms with E-state index in [2.05, 4.69) is 5.32 Å². The Morgan fingerprint density at radius 3 is 2.43 bits per heavy atom. The monoisotopic (exact) mass is 299 g/mol. The van der Waals surface area contributed by atoms with Crippen molar-refractivity contribution in [2.45, 2.75) is 44.4 Å². The van der Waals surface area contributed by atoms with E-state index in [1.807, 2.05) is 0 Å². The highest BCUT2D eigenvalue weighted by Gasteiger charge is 2.39. The highest BCUT2D eigenvalue weighted by atomic mass is 16.4. The molecule has 8 heteroatoms. The van der Waals surface area contributed by atoms with Gasteiger partial charge in [-0.25, -0.2) is 9.59 Å². The number of hydrogen-bond acceptors (Lipinski definition) is 4. The molecule has 2 fully saturated rings. The van der Waals surface area contributed by atoms with Gasteiger partial charge >= 0.3 is 12.0 Å². The normalized spacial score (nSPS) is 26.8. The van der Waals surface area contributed by atoms with E-state index in [1.54, 1.807) is 11.8 Å². The Bertz CT molecular complexity index is 436. The summed E-state index contributed by atoms with van der Waals surface area (Å²) in [6, 6.07) is -2.38. The fourth-order valence-corrected chi connectivity index (χ4v) is 2.81. The van der Waals surface area contributed by atoms with Crippen LogP contribution in [0.4, 0.5) is 4.79 Å². The molecule has 2 rings (SSSR count). The first-order valence-electron chi connectivity index (χ1n) is 7.17. The molecule has 21 heavy (non-hydrogen) atoms. The van der Waals surface area contributed by atoms with Crippen molar-refractivity contribution in [1.29, 1.82) is 0 Å². The molecule has 0 aromatic rings. The van der Waals surface area contributed by atoms with Crippen LogP contribution in [0.15, 0.2) is 0 Å². The molecule has 0 radical (unpaired) electrons. The van der Waals surface area contributed by atoms with Gasteiger partial charge in [0.15, 0.2) is 0 Å². The first kappa shape index (κ1) is 15.6. The third-order valence-electron chi connectivity index (χ3n) is 3.95. The van der Waals surface area contributed by atoms with Crippen LogP contribution in [0.5, 0.6) is 0 Å². The lowest BCUT2D eigenvalue weighted by molar-refractivity contribution is -0.141. The molecule has 0 saturated carbocycles. The second-order valence-corrected chi connectivity index (χ2v) is 5.60. The number of nitrogens with one attached hydrogen (secondary N) is 1. The summed E-state index contributed by atoms with van der Waals surface area (Å²) in [5.41, 5.74) is 0. The van der Waals surface area contributed by atoms with Gasteiger partial charge in [0.2, 0.25) is 5.91 Å². The molecule has 3 amide bonds. The molecular weight excluding hydrogens is 278 g/mol. The number of amides is 3. The van der Waals surface area contributed by atoms with Crippen molar-refractivity contribution in [3.63, 3.8) is 0 Å². The molecule has 2 aliphatic rings. The van der Waals surface area contributed by atoms with Crippen LogP contribution in [0.2, 0.25) is 0 Å². The molecule has 2 saturated heterocycles. The van der Waals surface area contributed by atoms with Crippen LogP contribution >= 0.6 is 0 Å². The third-order valence-corrected chi connectivity index (χ3v) is 3.95. The van der Waals surface area contributed by atoms with Crippen LogP contribution in [0, 0.1) is 0 Å². The minimum absolute atomic E-state index is 0.0111. The standard InChI is InChI=1S/C13H21N3O5/c1-8(11(18)15-4-2-3-5-15)14-13(21)16-7-9(17)6-10(16)12(19)20/h8-10,17H,2-7H2,1H3,(H,14,21)(H,19,20)/t8?,9?,10-/m0/s1. The van der Waals surface area contributed by atoms with Crippen molar-refractivity contribution in [2.75, 3.05) is 19.6 Å². The van der Waals surface area contributed by atoms with E-state index >= 15 is 0 Å². The maximum absolute atomic E-state index is 12.1. The zero-order chi connectivity index (χ0) is 15.6. The van der Waals surface area contributed by atoms with Gasteiger partial charge < -0.3 is 25.3 Å². The summed E-state index contributed by atoms with van der Waals surface area (Å²) < 4.78 is 0. The van der Waals surface area contributed by atoms with Gasteiger partial charge in [0.1, 0.15) is 12.1 Å². The van der Waals surface area contributed by atoms with Gasteiger partial charge in [0, 0.05) is 26.1 Å². The second kappa shape index (κ2) is 6.30. The zero-order valence-electron chi connectivity index (χ0n) is 12.0. The average Bonchev–Trinajstić information content (AvgIpc) is 3.06. The lowest BCUT2D eigenvalue weighted by Crippen LogP contribution is -2.52. The highest BCUT2D eigenvalue weighted by Crippen LogP contribution is 2.18. The quantitative estimate of drug-likeness (QED) is 0.633. The van der Waals surface area contributed by atoms with Gasteiger partial charge in [-0.05, 0) is 19.8 Å². The number of rotatable bonds is 3. The van der Waals surface area contributed by atoms with Gasteiger partial charge in [-0.2, -0.15) is 0 Å². The Morgan fingerprint density at radius 1 is 1.24 bits per heavy atom. The van der Waals surface area contributed by atoms with E-state index in [1.165, 1.54) is 0 Å². The Balaban J connectivity index is 1.93. The van der Waals surface area contributed by atoms with Gasteiger partial charge in [0.25, 0.3) is 0 Å². The summed E-state index contributed by atoms with van der Waals surface area (Å²) in [4.78, 5) is 38.1. The van der Waals surface area contributed by atoms with Gasteiger partial charge in [0.05, 0.1) is 6.10 Å². The van der Waals surface area contributed by atoms with Crippen LogP contribution in [0.1, 0.15) is 26.2 Å². The minimum Gasteiger partial charge on any atom is -0.480 e. The fraction of sp³-hybridized carbons (Fsp3) is 0.769. The number of aliphatic hydroxyl groups is 1. The fourth-order valence-electron chi connectivity index (χ4n) is 2.81. The molecule has 3 atom stereocenters. The minimum atomic E-state index is -1.15. The number of carboxylic acid groups (broad SMARTS) is 1. The molecule has 8 nitrogen and oxygen atoms in total. The van der Waals surface area contributed by atoms with Gasteiger partial charge in [-0.15, -0.1) is 0 Å². The summed E-state index contributed by atoms with van der Waals surface area (Å²) in [5.74, 6) is -1.31. The largest absolute Gasteiger partial charge is 0.480 e. The van der Waals surface area contributed by atoms with Crippen LogP contribution in [-0.4, -0.2) is 75.7 Å². The number of hydrogen-bond donors (Lipinski definition) is 3. The predicted molar refractivity (Wildman–Crippen MR) is 72.6 cm³/mol. The van der Waals surface area contributed by atoms with Gasteiger partial charge in [-0.3, -0.25) is 4.79 Å². The first-order valence-corrected chi connectivity index (χ1v) is 7.17. The van der Waals surface area contributed by atoms with E-state index in [0.717, 1.165) is 17.7 Å². The lowest BCUT2D eigenvalue weighted by atomic mass is 10.2. The van der Waals surface area contributed by atoms with Crippen molar-refractivity contribution in [1.82, 2.24) is 15.1 Å². The number of carboxylic acids is 1. The van der Waals surface area contributed by atoms with E-state index in [4.69, 9.17) is 5.11 Å². The first-order chi connectivity index (χ1) is 9.90. The highest BCUT2D eigenvalue weighted by molar-refractivity contribution is 5.89. The number of β-amino-alcohol motifs (C(OH)–C–C–N with tert-alkyl or cyclic N) is 1. The molecule has 3 N–H and O–H groups in total. The van der Waals surface area contributed by atoms with Crippen molar-refractivity contribution >= 4 is 17.9 Å². The summed E-state index contributed by atoms with van der Waals surface area (Å²) in [6.45, 7) is 2.94. The van der Waals surface area contributed by atoms with Gasteiger partial charge in [-0.1, -0.05) is 0 Å². The Labute approximate surface area is 122 Å². The van der Waals surface area contributed by atoms with E-state index < -0.39 is 30.2 Å². The number of carbonyl (C=O) groups excluding carboxylic acids is 2.